The number of aryl methyl sites for hydroxylation is 1. The van der Waals surface area contributed by atoms with Crippen LogP contribution in [0, 0.1) is 6.92 Å². The Morgan fingerprint density at radius 1 is 1.40 bits per heavy atom. The predicted molar refractivity (Wildman–Crippen MR) is 90.7 cm³/mol. The van der Waals surface area contributed by atoms with Crippen LogP contribution in [0.4, 0.5) is 0 Å². The van der Waals surface area contributed by atoms with Gasteiger partial charge in [0.25, 0.3) is 5.91 Å². The van der Waals surface area contributed by atoms with Crippen molar-refractivity contribution >= 4 is 5.91 Å². The molecule has 0 bridgehead atoms. The van der Waals surface area contributed by atoms with Crippen molar-refractivity contribution < 1.29 is 9.53 Å². The summed E-state index contributed by atoms with van der Waals surface area (Å²) in [6.07, 6.45) is 3.41. The smallest absolute Gasteiger partial charge is 0.272 e. The molecule has 7 nitrogen and oxygen atoms in total. The minimum atomic E-state index is -0.198. The van der Waals surface area contributed by atoms with Gasteiger partial charge in [-0.1, -0.05) is 30.3 Å². The van der Waals surface area contributed by atoms with E-state index in [1.54, 1.807) is 12.5 Å². The van der Waals surface area contributed by atoms with E-state index >= 15 is 0 Å². The quantitative estimate of drug-likeness (QED) is 0.764. The number of hydrogen-bond acceptors (Lipinski definition) is 4. The molecule has 128 valence electrons. The second-order valence-electron chi connectivity index (χ2n) is 6.11. The van der Waals surface area contributed by atoms with E-state index in [0.29, 0.717) is 25.4 Å². The zero-order valence-electron chi connectivity index (χ0n) is 13.9. The number of imidazole rings is 1. The van der Waals surface area contributed by atoms with Gasteiger partial charge in [-0.3, -0.25) is 9.89 Å². The lowest BCUT2D eigenvalue weighted by molar-refractivity contribution is 0.00257. The Hall–Kier alpha value is -2.93. The van der Waals surface area contributed by atoms with E-state index in [0.717, 1.165) is 22.5 Å². The Bertz CT molecular complexity index is 884. The summed E-state index contributed by atoms with van der Waals surface area (Å²) in [5.41, 5.74) is 4.27. The first kappa shape index (κ1) is 15.6. The number of nitrogens with one attached hydrogen (secondary N) is 2. The highest BCUT2D eigenvalue weighted by Crippen LogP contribution is 2.27. The summed E-state index contributed by atoms with van der Waals surface area (Å²) >= 11 is 0. The predicted octanol–water partition coefficient (Wildman–Crippen LogP) is 2.12. The molecule has 1 aliphatic rings. The Balaban J connectivity index is 1.46. The van der Waals surface area contributed by atoms with Gasteiger partial charge in [0.2, 0.25) is 0 Å². The number of carbonyl (C=O) groups excluding carboxylic acids is 1. The van der Waals surface area contributed by atoms with Gasteiger partial charge in [-0.2, -0.15) is 5.10 Å². The Labute approximate surface area is 145 Å². The fraction of sp³-hybridized carbons (Fsp3) is 0.278. The molecule has 1 atom stereocenters. The van der Waals surface area contributed by atoms with E-state index in [-0.39, 0.29) is 12.0 Å². The van der Waals surface area contributed by atoms with Gasteiger partial charge >= 0.3 is 0 Å². The molecule has 1 amide bonds. The van der Waals surface area contributed by atoms with E-state index in [2.05, 4.69) is 20.5 Å². The number of rotatable bonds is 4. The maximum absolute atomic E-state index is 12.5. The number of carbonyl (C=O) groups is 1. The lowest BCUT2D eigenvalue weighted by atomic mass is 10.1. The molecule has 7 heteroatoms. The molecule has 0 fully saturated rings. The van der Waals surface area contributed by atoms with Crippen LogP contribution in [0.15, 0.2) is 42.9 Å². The first-order chi connectivity index (χ1) is 12.2. The third-order valence-electron chi connectivity index (χ3n) is 4.49. The Kier molecular flexibility index (Phi) is 4.07. The van der Waals surface area contributed by atoms with Crippen molar-refractivity contribution in [3.05, 3.63) is 71.1 Å². The zero-order chi connectivity index (χ0) is 17.2. The minimum absolute atomic E-state index is 0.0209. The number of H-pyrrole nitrogens is 1. The highest BCUT2D eigenvalue weighted by Gasteiger charge is 2.26. The first-order valence-electron chi connectivity index (χ1n) is 8.20. The molecule has 3 heterocycles. The standard InChI is InChI=1S/C18H19N5O2/c1-12-14(8-21-22-12)7-19-18(24)17-15-10-25-16(9-23(15)11-20-17)13-5-3-2-4-6-13/h2-6,8,11,16H,7,9-10H2,1H3,(H,19,24)(H,21,22). The molecular weight excluding hydrogens is 318 g/mol. The lowest BCUT2D eigenvalue weighted by Gasteiger charge is -2.25. The molecule has 0 radical (unpaired) electrons. The summed E-state index contributed by atoms with van der Waals surface area (Å²) in [7, 11) is 0. The monoisotopic (exact) mass is 337 g/mol. The van der Waals surface area contributed by atoms with Gasteiger partial charge < -0.3 is 14.6 Å². The largest absolute Gasteiger partial charge is 0.365 e. The Morgan fingerprint density at radius 2 is 2.24 bits per heavy atom. The molecular formula is C18H19N5O2. The average Bonchev–Trinajstić information content (AvgIpc) is 3.26. The first-order valence-corrected chi connectivity index (χ1v) is 8.20. The molecule has 3 aromatic rings. The summed E-state index contributed by atoms with van der Waals surface area (Å²) in [6.45, 7) is 3.36. The van der Waals surface area contributed by atoms with Crippen LogP contribution in [-0.4, -0.2) is 25.7 Å². The van der Waals surface area contributed by atoms with Crippen molar-refractivity contribution in [3.8, 4) is 0 Å². The molecule has 1 unspecified atom stereocenters. The van der Waals surface area contributed by atoms with Gasteiger partial charge in [0.1, 0.15) is 6.10 Å². The van der Waals surface area contributed by atoms with Crippen LogP contribution in [0.5, 0.6) is 0 Å². The van der Waals surface area contributed by atoms with Crippen molar-refractivity contribution in [1.82, 2.24) is 25.1 Å². The Morgan fingerprint density at radius 3 is 3.00 bits per heavy atom. The summed E-state index contributed by atoms with van der Waals surface area (Å²) in [4.78, 5) is 16.8. The molecule has 0 aliphatic carbocycles. The number of benzene rings is 1. The summed E-state index contributed by atoms with van der Waals surface area (Å²) in [5.74, 6) is -0.198. The second-order valence-corrected chi connectivity index (χ2v) is 6.11. The highest BCUT2D eigenvalue weighted by atomic mass is 16.5. The number of fused-ring (bicyclic) bond motifs is 1. The van der Waals surface area contributed by atoms with Gasteiger partial charge in [-0.25, -0.2) is 4.98 Å². The number of aromatic amines is 1. The average molecular weight is 337 g/mol. The van der Waals surface area contributed by atoms with Gasteiger partial charge in [0.15, 0.2) is 5.69 Å². The number of ether oxygens (including phenoxy) is 1. The summed E-state index contributed by atoms with van der Waals surface area (Å²) < 4.78 is 7.95. The van der Waals surface area contributed by atoms with E-state index in [4.69, 9.17) is 4.74 Å². The summed E-state index contributed by atoms with van der Waals surface area (Å²) in [6, 6.07) is 10.1. The lowest BCUT2D eigenvalue weighted by Crippen LogP contribution is -2.27. The van der Waals surface area contributed by atoms with Gasteiger partial charge in [0.05, 0.1) is 31.4 Å². The molecule has 2 aromatic heterocycles. The van der Waals surface area contributed by atoms with Gasteiger partial charge in [-0.15, -0.1) is 0 Å². The van der Waals surface area contributed by atoms with Crippen LogP contribution in [0.1, 0.15) is 39.1 Å². The highest BCUT2D eigenvalue weighted by molar-refractivity contribution is 5.93. The van der Waals surface area contributed by atoms with Crippen LogP contribution in [0.2, 0.25) is 0 Å². The third-order valence-corrected chi connectivity index (χ3v) is 4.49. The fourth-order valence-electron chi connectivity index (χ4n) is 3.00. The van der Waals surface area contributed by atoms with Crippen LogP contribution in [-0.2, 0) is 24.4 Å². The second kappa shape index (κ2) is 6.52. The van der Waals surface area contributed by atoms with E-state index < -0.39 is 0 Å². The number of aromatic nitrogens is 4. The van der Waals surface area contributed by atoms with Crippen molar-refractivity contribution in [2.24, 2.45) is 0 Å². The van der Waals surface area contributed by atoms with E-state index in [1.165, 1.54) is 0 Å². The van der Waals surface area contributed by atoms with Crippen molar-refractivity contribution in [2.45, 2.75) is 32.7 Å². The maximum Gasteiger partial charge on any atom is 0.272 e. The molecule has 1 aliphatic heterocycles. The number of nitrogens with zero attached hydrogens (tertiary/aromatic N) is 3. The summed E-state index contributed by atoms with van der Waals surface area (Å²) in [5, 5.41) is 9.70. The maximum atomic E-state index is 12.5. The van der Waals surface area contributed by atoms with Crippen LogP contribution >= 0.6 is 0 Å². The molecule has 2 N–H and O–H groups in total. The SMILES string of the molecule is Cc1[nH]ncc1CNC(=O)c1ncn2c1COC(c1ccccc1)C2. The minimum Gasteiger partial charge on any atom is -0.365 e. The van der Waals surface area contributed by atoms with Crippen LogP contribution in [0.3, 0.4) is 0 Å². The molecule has 4 rings (SSSR count). The molecule has 0 saturated carbocycles. The van der Waals surface area contributed by atoms with Crippen molar-refractivity contribution in [3.63, 3.8) is 0 Å². The van der Waals surface area contributed by atoms with Gasteiger partial charge in [-0.05, 0) is 12.5 Å². The topological polar surface area (TPSA) is 84.8 Å². The van der Waals surface area contributed by atoms with Crippen molar-refractivity contribution in [1.29, 1.82) is 0 Å². The van der Waals surface area contributed by atoms with Crippen LogP contribution in [0.25, 0.3) is 0 Å². The van der Waals surface area contributed by atoms with Crippen molar-refractivity contribution in [2.75, 3.05) is 0 Å². The number of hydrogen-bond donors (Lipinski definition) is 2. The van der Waals surface area contributed by atoms with E-state index in [9.17, 15) is 4.79 Å². The van der Waals surface area contributed by atoms with Gasteiger partial charge in [0, 0.05) is 17.8 Å². The molecule has 0 saturated heterocycles. The molecule has 1 aromatic carbocycles. The normalized spacial score (nSPS) is 16.4. The molecule has 25 heavy (non-hydrogen) atoms. The zero-order valence-corrected chi connectivity index (χ0v) is 13.9. The number of amides is 1. The third kappa shape index (κ3) is 3.06. The van der Waals surface area contributed by atoms with E-state index in [1.807, 2.05) is 41.8 Å². The van der Waals surface area contributed by atoms with Crippen LogP contribution < -0.4 is 5.32 Å². The fourth-order valence-corrected chi connectivity index (χ4v) is 3.00. The molecule has 0 spiro atoms.